The molecule has 2 fully saturated rings. The van der Waals surface area contributed by atoms with Crippen molar-refractivity contribution in [3.8, 4) is 11.1 Å². The van der Waals surface area contributed by atoms with Crippen LogP contribution in [0.1, 0.15) is 18.4 Å². The van der Waals surface area contributed by atoms with Gasteiger partial charge in [0.25, 0.3) is 0 Å². The molecule has 2 unspecified atom stereocenters. The Morgan fingerprint density at radius 3 is 2.44 bits per heavy atom. The number of methoxy groups -OCH3 is 1. The van der Waals surface area contributed by atoms with Crippen LogP contribution in [-0.2, 0) is 26.0 Å². The lowest BCUT2D eigenvalue weighted by Crippen LogP contribution is -2.50. The number of likely N-dealkylation sites (tertiary alicyclic amines) is 1. The Morgan fingerprint density at radius 2 is 1.84 bits per heavy atom. The third kappa shape index (κ3) is 4.84. The molecule has 6 nitrogen and oxygen atoms in total. The molecule has 32 heavy (non-hydrogen) atoms. The van der Waals surface area contributed by atoms with Gasteiger partial charge in [-0.3, -0.25) is 4.79 Å². The number of hydrogen-bond acceptors (Lipinski definition) is 4. The number of ether oxygens (including phenoxy) is 1. The number of carbonyl (C=O) groups excluding carboxylic acids is 1. The summed E-state index contributed by atoms with van der Waals surface area (Å²) in [4.78, 5) is 14.5. The molecule has 1 N–H and O–H groups in total. The Morgan fingerprint density at radius 1 is 1.16 bits per heavy atom. The van der Waals surface area contributed by atoms with Gasteiger partial charge in [0.1, 0.15) is 18.2 Å². The van der Waals surface area contributed by atoms with Crippen molar-refractivity contribution in [2.45, 2.75) is 31.3 Å². The summed E-state index contributed by atoms with van der Waals surface area (Å²) < 4.78 is 59.4. The van der Waals surface area contributed by atoms with Gasteiger partial charge in [-0.25, -0.2) is 21.9 Å². The molecule has 2 aromatic carbocycles. The summed E-state index contributed by atoms with van der Waals surface area (Å²) in [5.74, 6) is -1.51. The van der Waals surface area contributed by atoms with E-state index in [1.807, 2.05) is 12.1 Å². The smallest absolute Gasteiger partial charge is 0.248 e. The van der Waals surface area contributed by atoms with Gasteiger partial charge in [-0.05, 0) is 48.1 Å². The number of sulfonamides is 1. The second-order valence-electron chi connectivity index (χ2n) is 8.81. The topological polar surface area (TPSA) is 75.7 Å². The predicted octanol–water partition coefficient (Wildman–Crippen LogP) is 2.73. The van der Waals surface area contributed by atoms with Crippen molar-refractivity contribution in [1.29, 1.82) is 0 Å². The zero-order valence-electron chi connectivity index (χ0n) is 18.0. The van der Waals surface area contributed by atoms with E-state index in [9.17, 15) is 22.0 Å². The maximum absolute atomic E-state index is 13.7. The van der Waals surface area contributed by atoms with Crippen LogP contribution in [0.4, 0.5) is 8.78 Å². The summed E-state index contributed by atoms with van der Waals surface area (Å²) in [6.07, 6.45) is 3.21. The molecule has 172 valence electrons. The fourth-order valence-electron chi connectivity index (χ4n) is 4.75. The lowest BCUT2D eigenvalue weighted by atomic mass is 9.91. The fourth-order valence-corrected chi connectivity index (χ4v) is 5.62. The monoisotopic (exact) mass is 464 g/mol. The second kappa shape index (κ2) is 8.53. The van der Waals surface area contributed by atoms with Gasteiger partial charge in [0.05, 0.1) is 12.3 Å². The van der Waals surface area contributed by atoms with E-state index < -0.39 is 33.7 Å². The molecule has 9 heteroatoms. The Kier molecular flexibility index (Phi) is 6.08. The summed E-state index contributed by atoms with van der Waals surface area (Å²) in [7, 11) is -2.04. The van der Waals surface area contributed by atoms with E-state index in [0.29, 0.717) is 24.1 Å². The molecule has 1 saturated heterocycles. The molecule has 2 aromatic rings. The van der Waals surface area contributed by atoms with E-state index in [0.717, 1.165) is 30.7 Å². The van der Waals surface area contributed by atoms with Crippen LogP contribution in [0.5, 0.6) is 0 Å². The zero-order chi connectivity index (χ0) is 23.1. The highest BCUT2D eigenvalue weighted by Crippen LogP contribution is 2.55. The highest BCUT2D eigenvalue weighted by atomic mass is 32.2. The number of carbonyl (C=O) groups is 1. The van der Waals surface area contributed by atoms with E-state index in [2.05, 4.69) is 4.72 Å². The minimum atomic E-state index is -3.49. The van der Waals surface area contributed by atoms with Crippen molar-refractivity contribution in [2.75, 3.05) is 26.5 Å². The van der Waals surface area contributed by atoms with Crippen LogP contribution in [0, 0.1) is 17.0 Å². The van der Waals surface area contributed by atoms with Crippen molar-refractivity contribution in [1.82, 2.24) is 9.62 Å². The first kappa shape index (κ1) is 22.8. The largest absolute Gasteiger partial charge is 0.375 e. The van der Waals surface area contributed by atoms with Gasteiger partial charge in [0.15, 0.2) is 0 Å². The molecule has 1 amide bonds. The Bertz CT molecular complexity index is 1110. The highest BCUT2D eigenvalue weighted by Gasteiger charge is 2.61. The number of rotatable bonds is 7. The summed E-state index contributed by atoms with van der Waals surface area (Å²) in [6.45, 7) is 0.391. The van der Waals surface area contributed by atoms with Crippen LogP contribution >= 0.6 is 0 Å². The minimum absolute atomic E-state index is 0.0826. The standard InChI is InChI=1S/C23H26F2N2O4S/c1-31-13-21(28)27-14-23(6-7-23)22(26-32(2,29)30)20(27)9-15-4-3-5-16(8-15)17-10-18(24)12-19(25)11-17/h3-5,8,10-12,20,22,26H,6-7,9,13-14H2,1-2H3. The van der Waals surface area contributed by atoms with Gasteiger partial charge in [-0.2, -0.15) is 0 Å². The van der Waals surface area contributed by atoms with Crippen molar-refractivity contribution in [3.63, 3.8) is 0 Å². The maximum atomic E-state index is 13.7. The molecule has 4 rings (SSSR count). The third-order valence-corrected chi connectivity index (χ3v) is 7.00. The summed E-state index contributed by atoms with van der Waals surface area (Å²) >= 11 is 0. The maximum Gasteiger partial charge on any atom is 0.248 e. The Balaban J connectivity index is 1.67. The van der Waals surface area contributed by atoms with Gasteiger partial charge in [-0.1, -0.05) is 24.3 Å². The molecule has 1 spiro atoms. The Hall–Kier alpha value is -2.36. The number of halogens is 2. The third-order valence-electron chi connectivity index (χ3n) is 6.32. The number of nitrogens with zero attached hydrogens (tertiary/aromatic N) is 1. The first-order valence-electron chi connectivity index (χ1n) is 10.4. The van der Waals surface area contributed by atoms with Gasteiger partial charge in [0, 0.05) is 31.2 Å². The molecular weight excluding hydrogens is 438 g/mol. The van der Waals surface area contributed by atoms with Crippen LogP contribution in [0.25, 0.3) is 11.1 Å². The molecular formula is C23H26F2N2O4S. The molecule has 1 heterocycles. The molecule has 0 radical (unpaired) electrons. The molecule has 0 bridgehead atoms. The summed E-state index contributed by atoms with van der Waals surface area (Å²) in [5, 5.41) is 0. The molecule has 2 aliphatic rings. The summed E-state index contributed by atoms with van der Waals surface area (Å²) in [5.41, 5.74) is 1.63. The average Bonchev–Trinajstić information content (AvgIpc) is 3.43. The van der Waals surface area contributed by atoms with Crippen LogP contribution < -0.4 is 4.72 Å². The van der Waals surface area contributed by atoms with Crippen molar-refractivity contribution in [2.24, 2.45) is 5.41 Å². The van der Waals surface area contributed by atoms with Crippen molar-refractivity contribution < 1.29 is 26.7 Å². The Labute approximate surface area is 186 Å². The first-order valence-corrected chi connectivity index (χ1v) is 12.3. The van der Waals surface area contributed by atoms with E-state index in [4.69, 9.17) is 4.74 Å². The minimum Gasteiger partial charge on any atom is -0.375 e. The number of amides is 1. The lowest BCUT2D eigenvalue weighted by Gasteiger charge is -2.29. The molecule has 1 saturated carbocycles. The van der Waals surface area contributed by atoms with Crippen LogP contribution in [0.15, 0.2) is 42.5 Å². The van der Waals surface area contributed by atoms with Crippen molar-refractivity contribution >= 4 is 15.9 Å². The summed E-state index contributed by atoms with van der Waals surface area (Å²) in [6, 6.07) is 9.78. The highest BCUT2D eigenvalue weighted by molar-refractivity contribution is 7.88. The zero-order valence-corrected chi connectivity index (χ0v) is 18.8. The van der Waals surface area contributed by atoms with Crippen molar-refractivity contribution in [3.05, 3.63) is 59.7 Å². The van der Waals surface area contributed by atoms with Crippen LogP contribution in [0.2, 0.25) is 0 Å². The SMILES string of the molecule is COCC(=O)N1CC2(CC2)C(NS(C)(=O)=O)C1Cc1cccc(-c2cc(F)cc(F)c2)c1. The molecule has 1 aliphatic carbocycles. The number of benzene rings is 2. The van der Waals surface area contributed by atoms with Gasteiger partial charge in [0.2, 0.25) is 15.9 Å². The van der Waals surface area contributed by atoms with E-state index >= 15 is 0 Å². The number of nitrogens with one attached hydrogen (secondary N) is 1. The number of hydrogen-bond donors (Lipinski definition) is 1. The average molecular weight is 465 g/mol. The van der Waals surface area contributed by atoms with Gasteiger partial charge in [-0.15, -0.1) is 0 Å². The normalized spacial score (nSPS) is 21.8. The van der Waals surface area contributed by atoms with E-state index in [1.165, 1.54) is 19.2 Å². The van der Waals surface area contributed by atoms with Gasteiger partial charge >= 0.3 is 0 Å². The molecule has 2 atom stereocenters. The van der Waals surface area contributed by atoms with Crippen LogP contribution in [-0.4, -0.2) is 57.8 Å². The lowest BCUT2D eigenvalue weighted by molar-refractivity contribution is -0.136. The second-order valence-corrected chi connectivity index (χ2v) is 10.6. The van der Waals surface area contributed by atoms with Crippen LogP contribution in [0.3, 0.4) is 0 Å². The van der Waals surface area contributed by atoms with E-state index in [-0.39, 0.29) is 17.9 Å². The predicted molar refractivity (Wildman–Crippen MR) is 116 cm³/mol. The molecule has 0 aromatic heterocycles. The quantitative estimate of drug-likeness (QED) is 0.684. The first-order chi connectivity index (χ1) is 15.1. The van der Waals surface area contributed by atoms with Gasteiger partial charge < -0.3 is 9.64 Å². The fraction of sp³-hybridized carbons (Fsp3) is 0.435. The van der Waals surface area contributed by atoms with E-state index in [1.54, 1.807) is 17.0 Å². The molecule has 1 aliphatic heterocycles.